The predicted octanol–water partition coefficient (Wildman–Crippen LogP) is 3.63. The summed E-state index contributed by atoms with van der Waals surface area (Å²) in [5, 5.41) is 2.93. The van der Waals surface area contributed by atoms with Crippen molar-refractivity contribution in [3.05, 3.63) is 65.7 Å². The van der Waals surface area contributed by atoms with E-state index in [9.17, 15) is 9.18 Å². The van der Waals surface area contributed by atoms with Crippen LogP contribution in [0.1, 0.15) is 25.0 Å². The fourth-order valence-corrected chi connectivity index (χ4v) is 2.32. The van der Waals surface area contributed by atoms with Crippen LogP contribution in [-0.2, 0) is 13.0 Å². The summed E-state index contributed by atoms with van der Waals surface area (Å²) in [7, 11) is 0. The number of carbonyl (C=O) groups is 1. The van der Waals surface area contributed by atoms with Gasteiger partial charge >= 0.3 is 6.03 Å². The maximum Gasteiger partial charge on any atom is 0.317 e. The van der Waals surface area contributed by atoms with E-state index in [-0.39, 0.29) is 11.8 Å². The van der Waals surface area contributed by atoms with Gasteiger partial charge in [0.1, 0.15) is 5.82 Å². The Morgan fingerprint density at radius 1 is 1.25 bits per heavy atom. The van der Waals surface area contributed by atoms with E-state index in [1.165, 1.54) is 6.07 Å². The lowest BCUT2D eigenvalue weighted by Crippen LogP contribution is -2.42. The maximum atomic E-state index is 13.8. The van der Waals surface area contributed by atoms with Gasteiger partial charge in [-0.05, 0) is 35.6 Å². The molecule has 0 aliphatic carbocycles. The Kier molecular flexibility index (Phi) is 6.73. The first-order valence-corrected chi connectivity index (χ1v) is 8.21. The molecular formula is C19H24FN3O. The van der Waals surface area contributed by atoms with Gasteiger partial charge < -0.3 is 10.2 Å². The zero-order valence-electron chi connectivity index (χ0n) is 14.2. The number of rotatable bonds is 7. The molecule has 0 spiro atoms. The summed E-state index contributed by atoms with van der Waals surface area (Å²) in [4.78, 5) is 18.2. The second-order valence-electron chi connectivity index (χ2n) is 6.20. The summed E-state index contributed by atoms with van der Waals surface area (Å²) in [5.41, 5.74) is 1.57. The number of urea groups is 1. The Labute approximate surface area is 142 Å². The fourth-order valence-electron chi connectivity index (χ4n) is 2.32. The standard InChI is InChI=1S/C19H24FN3O/c1-15(2)12-22-19(24)23(14-16-6-5-10-21-13-16)11-9-17-7-3-4-8-18(17)20/h3-8,10,13,15H,9,11-12,14H2,1-2H3,(H,22,24). The van der Waals surface area contributed by atoms with E-state index in [1.54, 1.807) is 29.4 Å². The molecule has 4 nitrogen and oxygen atoms in total. The Balaban J connectivity index is 2.04. The van der Waals surface area contributed by atoms with Crippen LogP contribution in [0.2, 0.25) is 0 Å². The molecule has 0 bridgehead atoms. The number of halogens is 1. The first-order chi connectivity index (χ1) is 11.6. The molecule has 0 fully saturated rings. The van der Waals surface area contributed by atoms with Crippen LogP contribution >= 0.6 is 0 Å². The topological polar surface area (TPSA) is 45.2 Å². The zero-order chi connectivity index (χ0) is 17.4. The molecule has 24 heavy (non-hydrogen) atoms. The van der Waals surface area contributed by atoms with E-state index >= 15 is 0 Å². The maximum absolute atomic E-state index is 13.8. The minimum Gasteiger partial charge on any atom is -0.338 e. The normalized spacial score (nSPS) is 10.7. The van der Waals surface area contributed by atoms with E-state index in [0.717, 1.165) is 5.56 Å². The van der Waals surface area contributed by atoms with E-state index in [2.05, 4.69) is 10.3 Å². The average molecular weight is 329 g/mol. The second-order valence-corrected chi connectivity index (χ2v) is 6.20. The Bertz CT molecular complexity index is 646. The second kappa shape index (κ2) is 9.01. The molecule has 2 rings (SSSR count). The van der Waals surface area contributed by atoms with Gasteiger partial charge in [-0.1, -0.05) is 38.1 Å². The smallest absolute Gasteiger partial charge is 0.317 e. The number of nitrogens with one attached hydrogen (secondary N) is 1. The summed E-state index contributed by atoms with van der Waals surface area (Å²) >= 11 is 0. The van der Waals surface area contributed by atoms with Crippen LogP contribution in [0.4, 0.5) is 9.18 Å². The predicted molar refractivity (Wildman–Crippen MR) is 93.0 cm³/mol. The van der Waals surface area contributed by atoms with Crippen molar-refractivity contribution in [3.8, 4) is 0 Å². The van der Waals surface area contributed by atoms with Gasteiger partial charge in [0.25, 0.3) is 0 Å². The summed E-state index contributed by atoms with van der Waals surface area (Å²) in [6, 6.07) is 10.3. The molecular weight excluding hydrogens is 305 g/mol. The number of hydrogen-bond donors (Lipinski definition) is 1. The van der Waals surface area contributed by atoms with E-state index < -0.39 is 0 Å². The molecule has 1 heterocycles. The molecule has 0 saturated carbocycles. The number of aromatic nitrogens is 1. The molecule has 2 aromatic rings. The van der Waals surface area contributed by atoms with Gasteiger partial charge in [-0.3, -0.25) is 4.98 Å². The number of amides is 2. The van der Waals surface area contributed by atoms with E-state index in [1.807, 2.05) is 32.0 Å². The summed E-state index contributed by atoms with van der Waals surface area (Å²) in [5.74, 6) is 0.141. The molecule has 1 aromatic heterocycles. The van der Waals surface area contributed by atoms with Crippen molar-refractivity contribution in [3.63, 3.8) is 0 Å². The fraction of sp³-hybridized carbons (Fsp3) is 0.368. The highest BCUT2D eigenvalue weighted by atomic mass is 19.1. The van der Waals surface area contributed by atoms with Crippen LogP contribution in [-0.4, -0.2) is 29.0 Å². The monoisotopic (exact) mass is 329 g/mol. The third kappa shape index (κ3) is 5.65. The number of pyridine rings is 1. The van der Waals surface area contributed by atoms with Crippen LogP contribution in [0.15, 0.2) is 48.8 Å². The summed E-state index contributed by atoms with van der Waals surface area (Å²) in [6.07, 6.45) is 3.92. The van der Waals surface area contributed by atoms with E-state index in [4.69, 9.17) is 0 Å². The van der Waals surface area contributed by atoms with Crippen molar-refractivity contribution in [2.24, 2.45) is 5.92 Å². The van der Waals surface area contributed by atoms with Crippen LogP contribution in [0, 0.1) is 11.7 Å². The minimum atomic E-state index is -0.235. The molecule has 0 aliphatic heterocycles. The number of carbonyl (C=O) groups excluding carboxylic acids is 1. The molecule has 0 atom stereocenters. The van der Waals surface area contributed by atoms with Gasteiger partial charge in [0.05, 0.1) is 0 Å². The van der Waals surface area contributed by atoms with Crippen molar-refractivity contribution in [2.75, 3.05) is 13.1 Å². The summed E-state index contributed by atoms with van der Waals surface area (Å²) < 4.78 is 13.8. The van der Waals surface area contributed by atoms with Crippen molar-refractivity contribution in [1.29, 1.82) is 0 Å². The highest BCUT2D eigenvalue weighted by Crippen LogP contribution is 2.10. The molecule has 0 radical (unpaired) electrons. The Hall–Kier alpha value is -2.43. The highest BCUT2D eigenvalue weighted by molar-refractivity contribution is 5.74. The van der Waals surface area contributed by atoms with Crippen molar-refractivity contribution in [1.82, 2.24) is 15.2 Å². The quantitative estimate of drug-likeness (QED) is 0.843. The average Bonchev–Trinajstić information content (AvgIpc) is 2.58. The number of hydrogen-bond acceptors (Lipinski definition) is 2. The highest BCUT2D eigenvalue weighted by Gasteiger charge is 2.15. The van der Waals surface area contributed by atoms with Crippen LogP contribution in [0.5, 0.6) is 0 Å². The Morgan fingerprint density at radius 3 is 2.71 bits per heavy atom. The van der Waals surface area contributed by atoms with Crippen molar-refractivity contribution < 1.29 is 9.18 Å². The first kappa shape index (κ1) is 17.9. The molecule has 2 amide bonds. The lowest BCUT2D eigenvalue weighted by molar-refractivity contribution is 0.194. The number of benzene rings is 1. The number of nitrogens with zero attached hydrogens (tertiary/aromatic N) is 2. The lowest BCUT2D eigenvalue weighted by atomic mass is 10.1. The molecule has 0 aliphatic rings. The van der Waals surface area contributed by atoms with Gasteiger partial charge in [-0.2, -0.15) is 0 Å². The molecule has 128 valence electrons. The van der Waals surface area contributed by atoms with Crippen LogP contribution < -0.4 is 5.32 Å². The van der Waals surface area contributed by atoms with Gasteiger partial charge in [-0.25, -0.2) is 9.18 Å². The largest absolute Gasteiger partial charge is 0.338 e. The third-order valence-electron chi connectivity index (χ3n) is 3.65. The molecule has 1 aromatic carbocycles. The van der Waals surface area contributed by atoms with Gasteiger partial charge in [-0.15, -0.1) is 0 Å². The van der Waals surface area contributed by atoms with Crippen LogP contribution in [0.25, 0.3) is 0 Å². The lowest BCUT2D eigenvalue weighted by Gasteiger charge is -2.24. The molecule has 5 heteroatoms. The van der Waals surface area contributed by atoms with Crippen molar-refractivity contribution >= 4 is 6.03 Å². The summed E-state index contributed by atoms with van der Waals surface area (Å²) in [6.45, 7) is 5.60. The molecule has 0 saturated heterocycles. The third-order valence-corrected chi connectivity index (χ3v) is 3.65. The van der Waals surface area contributed by atoms with Crippen molar-refractivity contribution in [2.45, 2.75) is 26.8 Å². The SMILES string of the molecule is CC(C)CNC(=O)N(CCc1ccccc1F)Cc1cccnc1. The molecule has 0 unspecified atom stereocenters. The zero-order valence-corrected chi connectivity index (χ0v) is 14.2. The minimum absolute atomic E-state index is 0.135. The van der Waals surface area contributed by atoms with E-state index in [0.29, 0.717) is 37.5 Å². The van der Waals surface area contributed by atoms with Gasteiger partial charge in [0.2, 0.25) is 0 Å². The van der Waals surface area contributed by atoms with Crippen LogP contribution in [0.3, 0.4) is 0 Å². The Morgan fingerprint density at radius 2 is 2.04 bits per heavy atom. The molecule has 1 N–H and O–H groups in total. The van der Waals surface area contributed by atoms with Gasteiger partial charge in [0.15, 0.2) is 0 Å². The first-order valence-electron chi connectivity index (χ1n) is 8.21. The van der Waals surface area contributed by atoms with Gasteiger partial charge in [0, 0.05) is 32.0 Å².